The van der Waals surface area contributed by atoms with E-state index >= 15 is 0 Å². The van der Waals surface area contributed by atoms with Crippen LogP contribution in [-0.4, -0.2) is 18.1 Å². The monoisotopic (exact) mass is 253 g/mol. The fourth-order valence-corrected chi connectivity index (χ4v) is 2.61. The lowest BCUT2D eigenvalue weighted by molar-refractivity contribution is 0.578. The van der Waals surface area contributed by atoms with E-state index in [9.17, 15) is 0 Å². The van der Waals surface area contributed by atoms with Gasteiger partial charge in [-0.1, -0.05) is 18.2 Å². The van der Waals surface area contributed by atoms with E-state index in [0.717, 1.165) is 11.3 Å². The number of hydrogen-bond donors (Lipinski definition) is 1. The molecule has 0 spiro atoms. The van der Waals surface area contributed by atoms with E-state index in [2.05, 4.69) is 34.1 Å². The first kappa shape index (κ1) is 12.0. The van der Waals surface area contributed by atoms with E-state index in [1.165, 1.54) is 38.0 Å². The summed E-state index contributed by atoms with van der Waals surface area (Å²) in [5.74, 6) is 0.567. The van der Waals surface area contributed by atoms with Crippen molar-refractivity contribution in [3.8, 4) is 11.3 Å². The first-order chi connectivity index (χ1) is 9.33. The highest BCUT2D eigenvalue weighted by molar-refractivity contribution is 5.64. The van der Waals surface area contributed by atoms with E-state index in [0.29, 0.717) is 5.82 Å². The van der Waals surface area contributed by atoms with Crippen molar-refractivity contribution < 1.29 is 0 Å². The molecule has 3 rings (SSSR count). The van der Waals surface area contributed by atoms with E-state index in [4.69, 9.17) is 5.73 Å². The number of piperidine rings is 1. The molecule has 1 aromatic heterocycles. The average Bonchev–Trinajstić information content (AvgIpc) is 2.48. The van der Waals surface area contributed by atoms with Gasteiger partial charge in [0.15, 0.2) is 0 Å². The first-order valence-corrected chi connectivity index (χ1v) is 6.91. The van der Waals surface area contributed by atoms with Gasteiger partial charge in [-0.15, -0.1) is 0 Å². The van der Waals surface area contributed by atoms with Crippen molar-refractivity contribution in [1.82, 2.24) is 4.98 Å². The third kappa shape index (κ3) is 2.70. The molecule has 1 aliphatic heterocycles. The summed E-state index contributed by atoms with van der Waals surface area (Å²) in [5, 5.41) is 0. The first-order valence-electron chi connectivity index (χ1n) is 6.91. The van der Waals surface area contributed by atoms with Crippen LogP contribution in [0.5, 0.6) is 0 Å². The van der Waals surface area contributed by atoms with Crippen LogP contribution in [0.4, 0.5) is 11.5 Å². The third-order valence-corrected chi connectivity index (χ3v) is 3.65. The Labute approximate surface area is 114 Å². The molecule has 0 saturated carbocycles. The molecular formula is C16H19N3. The number of aromatic nitrogens is 1. The summed E-state index contributed by atoms with van der Waals surface area (Å²) in [6.45, 7) is 2.35. The number of anilines is 2. The summed E-state index contributed by atoms with van der Waals surface area (Å²) in [6, 6.07) is 14.4. The maximum absolute atomic E-state index is 5.72. The van der Waals surface area contributed by atoms with Crippen molar-refractivity contribution in [2.45, 2.75) is 19.3 Å². The molecule has 0 aliphatic carbocycles. The SMILES string of the molecule is Nc1cccc(-c2ccc(N3CCCCC3)cc2)n1. The Morgan fingerprint density at radius 3 is 2.32 bits per heavy atom. The van der Waals surface area contributed by atoms with Crippen LogP contribution in [0.3, 0.4) is 0 Å². The van der Waals surface area contributed by atoms with E-state index < -0.39 is 0 Å². The molecule has 0 bridgehead atoms. The van der Waals surface area contributed by atoms with Crippen LogP contribution in [0.15, 0.2) is 42.5 Å². The molecular weight excluding hydrogens is 234 g/mol. The molecule has 0 unspecified atom stereocenters. The van der Waals surface area contributed by atoms with Crippen molar-refractivity contribution >= 4 is 11.5 Å². The number of benzene rings is 1. The molecule has 3 heteroatoms. The van der Waals surface area contributed by atoms with E-state index in [-0.39, 0.29) is 0 Å². The number of hydrogen-bond acceptors (Lipinski definition) is 3. The second kappa shape index (κ2) is 5.31. The summed E-state index contributed by atoms with van der Waals surface area (Å²) >= 11 is 0. The predicted octanol–water partition coefficient (Wildman–Crippen LogP) is 3.32. The Balaban J connectivity index is 1.82. The molecule has 0 amide bonds. The molecule has 3 nitrogen and oxygen atoms in total. The number of nitrogens with two attached hydrogens (primary N) is 1. The number of nitrogens with zero attached hydrogens (tertiary/aromatic N) is 2. The summed E-state index contributed by atoms with van der Waals surface area (Å²) < 4.78 is 0. The smallest absolute Gasteiger partial charge is 0.124 e. The zero-order chi connectivity index (χ0) is 13.1. The van der Waals surface area contributed by atoms with Crippen molar-refractivity contribution in [1.29, 1.82) is 0 Å². The van der Waals surface area contributed by atoms with E-state index in [1.807, 2.05) is 18.2 Å². The summed E-state index contributed by atoms with van der Waals surface area (Å²) in [6.07, 6.45) is 3.97. The molecule has 1 fully saturated rings. The second-order valence-electron chi connectivity index (χ2n) is 5.04. The Morgan fingerprint density at radius 2 is 1.63 bits per heavy atom. The van der Waals surface area contributed by atoms with Crippen LogP contribution in [0, 0.1) is 0 Å². The lowest BCUT2D eigenvalue weighted by Crippen LogP contribution is -2.29. The Hall–Kier alpha value is -2.03. The van der Waals surface area contributed by atoms with Crippen LogP contribution in [0.1, 0.15) is 19.3 Å². The fraction of sp³-hybridized carbons (Fsp3) is 0.312. The Bertz CT molecular complexity index is 542. The zero-order valence-corrected chi connectivity index (χ0v) is 11.0. The highest BCUT2D eigenvalue weighted by Crippen LogP contribution is 2.24. The van der Waals surface area contributed by atoms with Crippen LogP contribution in [-0.2, 0) is 0 Å². The third-order valence-electron chi connectivity index (χ3n) is 3.65. The molecule has 1 aromatic carbocycles. The number of rotatable bonds is 2. The fourth-order valence-electron chi connectivity index (χ4n) is 2.61. The minimum absolute atomic E-state index is 0.567. The summed E-state index contributed by atoms with van der Waals surface area (Å²) in [4.78, 5) is 6.81. The Kier molecular flexibility index (Phi) is 3.36. The van der Waals surface area contributed by atoms with Crippen molar-refractivity contribution in [2.75, 3.05) is 23.7 Å². The van der Waals surface area contributed by atoms with Gasteiger partial charge in [-0.2, -0.15) is 0 Å². The van der Waals surface area contributed by atoms with Gasteiger partial charge in [0, 0.05) is 24.3 Å². The zero-order valence-electron chi connectivity index (χ0n) is 11.0. The molecule has 0 radical (unpaired) electrons. The highest BCUT2D eigenvalue weighted by Gasteiger charge is 2.10. The van der Waals surface area contributed by atoms with Crippen molar-refractivity contribution in [2.24, 2.45) is 0 Å². The maximum atomic E-state index is 5.72. The second-order valence-corrected chi connectivity index (χ2v) is 5.04. The lowest BCUT2D eigenvalue weighted by Gasteiger charge is -2.28. The van der Waals surface area contributed by atoms with Gasteiger partial charge in [-0.3, -0.25) is 0 Å². The van der Waals surface area contributed by atoms with Crippen LogP contribution in [0.2, 0.25) is 0 Å². The quantitative estimate of drug-likeness (QED) is 0.892. The normalized spacial score (nSPS) is 15.5. The summed E-state index contributed by atoms with van der Waals surface area (Å²) in [7, 11) is 0. The van der Waals surface area contributed by atoms with Gasteiger partial charge in [0.1, 0.15) is 5.82 Å². The summed E-state index contributed by atoms with van der Waals surface area (Å²) in [5.41, 5.74) is 9.09. The van der Waals surface area contributed by atoms with Gasteiger partial charge in [0.2, 0.25) is 0 Å². The van der Waals surface area contributed by atoms with Crippen LogP contribution >= 0.6 is 0 Å². The maximum Gasteiger partial charge on any atom is 0.124 e. The molecule has 2 N–H and O–H groups in total. The van der Waals surface area contributed by atoms with Gasteiger partial charge in [0.25, 0.3) is 0 Å². The topological polar surface area (TPSA) is 42.1 Å². The van der Waals surface area contributed by atoms with Crippen molar-refractivity contribution in [3.63, 3.8) is 0 Å². The Morgan fingerprint density at radius 1 is 0.895 bits per heavy atom. The molecule has 98 valence electrons. The molecule has 1 aliphatic rings. The standard InChI is InChI=1S/C16H19N3/c17-16-6-4-5-15(18-16)13-7-9-14(10-8-13)19-11-2-1-3-12-19/h4-10H,1-3,11-12H2,(H2,17,18). The molecule has 19 heavy (non-hydrogen) atoms. The number of nitrogen functional groups attached to an aromatic ring is 1. The van der Waals surface area contributed by atoms with Crippen LogP contribution < -0.4 is 10.6 Å². The minimum atomic E-state index is 0.567. The lowest BCUT2D eigenvalue weighted by atomic mass is 10.1. The average molecular weight is 253 g/mol. The largest absolute Gasteiger partial charge is 0.384 e. The molecule has 1 saturated heterocycles. The van der Waals surface area contributed by atoms with Gasteiger partial charge < -0.3 is 10.6 Å². The van der Waals surface area contributed by atoms with Gasteiger partial charge in [-0.05, 0) is 43.5 Å². The van der Waals surface area contributed by atoms with Crippen molar-refractivity contribution in [3.05, 3.63) is 42.5 Å². The predicted molar refractivity (Wildman–Crippen MR) is 80.1 cm³/mol. The van der Waals surface area contributed by atoms with Gasteiger partial charge in [-0.25, -0.2) is 4.98 Å². The van der Waals surface area contributed by atoms with E-state index in [1.54, 1.807) is 0 Å². The molecule has 2 heterocycles. The van der Waals surface area contributed by atoms with Gasteiger partial charge >= 0.3 is 0 Å². The van der Waals surface area contributed by atoms with Crippen LogP contribution in [0.25, 0.3) is 11.3 Å². The minimum Gasteiger partial charge on any atom is -0.384 e. The molecule has 2 aromatic rings. The number of pyridine rings is 1. The molecule has 0 atom stereocenters. The highest BCUT2D eigenvalue weighted by atomic mass is 15.1. The van der Waals surface area contributed by atoms with Gasteiger partial charge in [0.05, 0.1) is 5.69 Å².